The molecule has 1 aliphatic heterocycles. The molecule has 0 bridgehead atoms. The third-order valence-corrected chi connectivity index (χ3v) is 4.70. The first-order chi connectivity index (χ1) is 10.1. The quantitative estimate of drug-likeness (QED) is 0.853. The van der Waals surface area contributed by atoms with Gasteiger partial charge in [0.05, 0.1) is 5.56 Å². The van der Waals surface area contributed by atoms with Crippen LogP contribution in [0.5, 0.6) is 0 Å². The molecule has 7 heteroatoms. The van der Waals surface area contributed by atoms with Crippen LogP contribution in [-0.2, 0) is 6.18 Å². The van der Waals surface area contributed by atoms with Crippen molar-refractivity contribution >= 4 is 24.8 Å². The van der Waals surface area contributed by atoms with Gasteiger partial charge in [-0.1, -0.05) is 18.6 Å². The molecule has 0 aromatic heterocycles. The van der Waals surface area contributed by atoms with E-state index < -0.39 is 11.7 Å². The number of alkyl halides is 3. The van der Waals surface area contributed by atoms with E-state index in [2.05, 4.69) is 10.2 Å². The average molecular weight is 371 g/mol. The number of piperazine rings is 1. The summed E-state index contributed by atoms with van der Waals surface area (Å²) < 4.78 is 38.8. The SMILES string of the molecule is Cl.Cl.FC(F)(F)c1cccc([C@H](C2CCC2)N2CCNCC2)c1. The second kappa shape index (κ2) is 8.56. The van der Waals surface area contributed by atoms with Crippen LogP contribution in [0, 0.1) is 5.92 Å². The van der Waals surface area contributed by atoms with Crippen LogP contribution in [0.2, 0.25) is 0 Å². The standard InChI is InChI=1S/C16H21F3N2.2ClH/c17-16(18,19)14-6-2-5-13(11-14)15(12-3-1-4-12)21-9-7-20-8-10-21;;/h2,5-6,11-12,15,20H,1,3-4,7-10H2;2*1H/t15-;;/m0../s1. The molecule has 1 N–H and O–H groups in total. The second-order valence-corrected chi connectivity index (χ2v) is 6.05. The second-order valence-electron chi connectivity index (χ2n) is 6.05. The molecule has 2 fully saturated rings. The Morgan fingerprint density at radius 2 is 1.74 bits per heavy atom. The van der Waals surface area contributed by atoms with E-state index in [-0.39, 0.29) is 30.9 Å². The van der Waals surface area contributed by atoms with Gasteiger partial charge in [0.1, 0.15) is 0 Å². The molecule has 1 atom stereocenters. The first-order valence-corrected chi connectivity index (χ1v) is 7.67. The lowest BCUT2D eigenvalue weighted by atomic mass is 9.76. The van der Waals surface area contributed by atoms with E-state index in [0.29, 0.717) is 5.92 Å². The molecule has 0 amide bonds. The van der Waals surface area contributed by atoms with E-state index in [1.165, 1.54) is 18.6 Å². The average Bonchev–Trinajstić information content (AvgIpc) is 2.43. The van der Waals surface area contributed by atoms with Crippen molar-refractivity contribution in [2.75, 3.05) is 26.2 Å². The highest BCUT2D eigenvalue weighted by atomic mass is 35.5. The number of halogens is 5. The van der Waals surface area contributed by atoms with Gasteiger partial charge in [-0.05, 0) is 36.5 Å². The molecule has 1 aromatic carbocycles. The Bertz CT molecular complexity index is 486. The maximum Gasteiger partial charge on any atom is 0.416 e. The normalized spacial score (nSPS) is 20.8. The van der Waals surface area contributed by atoms with Crippen LogP contribution >= 0.6 is 24.8 Å². The Balaban J connectivity index is 0.00000132. The van der Waals surface area contributed by atoms with Gasteiger partial charge in [0.2, 0.25) is 0 Å². The van der Waals surface area contributed by atoms with Gasteiger partial charge in [0, 0.05) is 32.2 Å². The maximum atomic E-state index is 12.9. The van der Waals surface area contributed by atoms with Crippen LogP contribution in [0.15, 0.2) is 24.3 Å². The maximum absolute atomic E-state index is 12.9. The third kappa shape index (κ3) is 4.75. The summed E-state index contributed by atoms with van der Waals surface area (Å²) in [7, 11) is 0. The minimum atomic E-state index is -4.26. The molecular formula is C16H23Cl2F3N2. The lowest BCUT2D eigenvalue weighted by Gasteiger charge is -2.43. The molecule has 1 heterocycles. The van der Waals surface area contributed by atoms with E-state index in [0.717, 1.165) is 44.6 Å². The number of rotatable bonds is 3. The molecule has 1 saturated carbocycles. The molecule has 0 radical (unpaired) electrons. The van der Waals surface area contributed by atoms with Crippen molar-refractivity contribution in [3.05, 3.63) is 35.4 Å². The third-order valence-electron chi connectivity index (χ3n) is 4.70. The summed E-state index contributed by atoms with van der Waals surface area (Å²) in [4.78, 5) is 2.36. The van der Waals surface area contributed by atoms with Gasteiger partial charge in [-0.25, -0.2) is 0 Å². The Morgan fingerprint density at radius 1 is 1.09 bits per heavy atom. The smallest absolute Gasteiger partial charge is 0.314 e. The molecule has 0 unspecified atom stereocenters. The van der Waals surface area contributed by atoms with Crippen LogP contribution in [-0.4, -0.2) is 31.1 Å². The molecule has 1 saturated heterocycles. The Kier molecular flexibility index (Phi) is 7.65. The van der Waals surface area contributed by atoms with Gasteiger partial charge in [0.15, 0.2) is 0 Å². The summed E-state index contributed by atoms with van der Waals surface area (Å²) in [6.07, 6.45) is -0.800. The van der Waals surface area contributed by atoms with E-state index in [1.54, 1.807) is 6.07 Å². The zero-order chi connectivity index (χ0) is 14.9. The van der Waals surface area contributed by atoms with Crippen LogP contribution in [0.25, 0.3) is 0 Å². The fourth-order valence-corrected chi connectivity index (χ4v) is 3.40. The largest absolute Gasteiger partial charge is 0.416 e. The summed E-state index contributed by atoms with van der Waals surface area (Å²) in [5, 5.41) is 3.31. The van der Waals surface area contributed by atoms with Crippen molar-refractivity contribution in [2.24, 2.45) is 5.92 Å². The summed E-state index contributed by atoms with van der Waals surface area (Å²) in [6, 6.07) is 6.07. The first-order valence-electron chi connectivity index (χ1n) is 7.67. The summed E-state index contributed by atoms with van der Waals surface area (Å²) in [6.45, 7) is 3.67. The molecule has 1 aliphatic carbocycles. The van der Waals surface area contributed by atoms with Gasteiger partial charge in [0.25, 0.3) is 0 Å². The van der Waals surface area contributed by atoms with Crippen LogP contribution in [0.1, 0.15) is 36.4 Å². The summed E-state index contributed by atoms with van der Waals surface area (Å²) in [5.74, 6) is 0.506. The van der Waals surface area contributed by atoms with E-state index >= 15 is 0 Å². The monoisotopic (exact) mass is 370 g/mol. The van der Waals surface area contributed by atoms with Crippen LogP contribution < -0.4 is 5.32 Å². The first kappa shape index (κ1) is 20.6. The summed E-state index contributed by atoms with van der Waals surface area (Å²) in [5.41, 5.74) is 0.302. The van der Waals surface area contributed by atoms with Crippen LogP contribution in [0.4, 0.5) is 13.2 Å². The molecule has 1 aromatic rings. The predicted molar refractivity (Wildman–Crippen MR) is 90.5 cm³/mol. The van der Waals surface area contributed by atoms with Gasteiger partial charge in [-0.2, -0.15) is 13.2 Å². The Morgan fingerprint density at radius 3 is 2.26 bits per heavy atom. The minimum Gasteiger partial charge on any atom is -0.314 e. The Hall–Kier alpha value is -0.490. The number of hydrogen-bond donors (Lipinski definition) is 1. The zero-order valence-corrected chi connectivity index (χ0v) is 14.4. The molecule has 132 valence electrons. The van der Waals surface area contributed by atoms with E-state index in [4.69, 9.17) is 0 Å². The highest BCUT2D eigenvalue weighted by Crippen LogP contribution is 2.42. The highest BCUT2D eigenvalue weighted by molar-refractivity contribution is 5.85. The molecule has 3 rings (SSSR count). The van der Waals surface area contributed by atoms with Crippen LogP contribution in [0.3, 0.4) is 0 Å². The van der Waals surface area contributed by atoms with Crippen molar-refractivity contribution in [1.29, 1.82) is 0 Å². The van der Waals surface area contributed by atoms with Crippen molar-refractivity contribution in [3.8, 4) is 0 Å². The van der Waals surface area contributed by atoms with Gasteiger partial charge in [-0.15, -0.1) is 24.8 Å². The molecule has 23 heavy (non-hydrogen) atoms. The van der Waals surface area contributed by atoms with Crippen molar-refractivity contribution in [2.45, 2.75) is 31.5 Å². The number of nitrogens with zero attached hydrogens (tertiary/aromatic N) is 1. The van der Waals surface area contributed by atoms with Gasteiger partial charge >= 0.3 is 6.18 Å². The van der Waals surface area contributed by atoms with Gasteiger partial charge < -0.3 is 5.32 Å². The van der Waals surface area contributed by atoms with Crippen molar-refractivity contribution < 1.29 is 13.2 Å². The number of benzene rings is 1. The molecular weight excluding hydrogens is 348 g/mol. The molecule has 0 spiro atoms. The number of hydrogen-bond acceptors (Lipinski definition) is 2. The van der Waals surface area contributed by atoms with E-state index in [1.807, 2.05) is 6.07 Å². The van der Waals surface area contributed by atoms with Crippen molar-refractivity contribution in [1.82, 2.24) is 10.2 Å². The number of nitrogens with one attached hydrogen (secondary N) is 1. The van der Waals surface area contributed by atoms with E-state index in [9.17, 15) is 13.2 Å². The topological polar surface area (TPSA) is 15.3 Å². The predicted octanol–water partition coefficient (Wildman–Crippen LogP) is 4.30. The van der Waals surface area contributed by atoms with Crippen molar-refractivity contribution in [3.63, 3.8) is 0 Å². The fourth-order valence-electron chi connectivity index (χ4n) is 3.40. The Labute approximate surface area is 147 Å². The molecule has 2 nitrogen and oxygen atoms in total. The summed E-state index contributed by atoms with van der Waals surface area (Å²) >= 11 is 0. The lowest BCUT2D eigenvalue weighted by Crippen LogP contribution is -2.47. The minimum absolute atomic E-state index is 0. The lowest BCUT2D eigenvalue weighted by molar-refractivity contribution is -0.137. The zero-order valence-electron chi connectivity index (χ0n) is 12.8. The highest BCUT2D eigenvalue weighted by Gasteiger charge is 2.36. The molecule has 2 aliphatic rings. The van der Waals surface area contributed by atoms with Gasteiger partial charge in [-0.3, -0.25) is 4.90 Å². The fraction of sp³-hybridized carbons (Fsp3) is 0.625.